The Kier molecular flexibility index (Phi) is 4.78. The normalized spacial score (nSPS) is 12.4. The number of rotatable bonds is 4. The highest BCUT2D eigenvalue weighted by atomic mass is 32.2. The first-order valence-corrected chi connectivity index (χ1v) is 9.96. The molecule has 3 rings (SSSR count). The van der Waals surface area contributed by atoms with E-state index >= 15 is 0 Å². The summed E-state index contributed by atoms with van der Waals surface area (Å²) < 4.78 is 27.8. The summed E-state index contributed by atoms with van der Waals surface area (Å²) in [6.07, 6.45) is 0. The van der Waals surface area contributed by atoms with Crippen molar-refractivity contribution in [2.24, 2.45) is 0 Å². The van der Waals surface area contributed by atoms with Crippen LogP contribution in [0.5, 0.6) is 5.75 Å². The first kappa shape index (κ1) is 18.4. The zero-order chi connectivity index (χ0) is 18.9. The minimum Gasteiger partial charge on any atom is -0.507 e. The summed E-state index contributed by atoms with van der Waals surface area (Å²) in [5, 5.41) is 11.1. The number of phenols is 1. The van der Waals surface area contributed by atoms with E-state index in [1.165, 1.54) is 11.6 Å². The SMILES string of the molecule is CC(C)(C)c1ccc(CNS(=O)(=O)c2ccc3c(O)cccc3c2)cc1. The summed E-state index contributed by atoms with van der Waals surface area (Å²) in [4.78, 5) is 0.182. The summed E-state index contributed by atoms with van der Waals surface area (Å²) >= 11 is 0. The molecule has 0 aliphatic heterocycles. The largest absolute Gasteiger partial charge is 0.507 e. The van der Waals surface area contributed by atoms with Crippen LogP contribution >= 0.6 is 0 Å². The smallest absolute Gasteiger partial charge is 0.240 e. The van der Waals surface area contributed by atoms with E-state index in [0.717, 1.165) is 5.56 Å². The van der Waals surface area contributed by atoms with Crippen LogP contribution in [0, 0.1) is 0 Å². The molecule has 2 N–H and O–H groups in total. The molecular formula is C21H23NO3S. The van der Waals surface area contributed by atoms with Crippen molar-refractivity contribution in [1.82, 2.24) is 4.72 Å². The molecule has 4 nitrogen and oxygen atoms in total. The highest BCUT2D eigenvalue weighted by Gasteiger charge is 2.16. The molecule has 0 spiro atoms. The fourth-order valence-corrected chi connectivity index (χ4v) is 3.85. The van der Waals surface area contributed by atoms with Crippen molar-refractivity contribution in [3.63, 3.8) is 0 Å². The van der Waals surface area contributed by atoms with Gasteiger partial charge < -0.3 is 5.11 Å². The number of sulfonamides is 1. The zero-order valence-electron chi connectivity index (χ0n) is 15.2. The molecule has 0 saturated carbocycles. The average Bonchev–Trinajstić information content (AvgIpc) is 2.59. The predicted octanol–water partition coefficient (Wildman–Crippen LogP) is 4.32. The fraction of sp³-hybridized carbons (Fsp3) is 0.238. The number of nitrogens with one attached hydrogen (secondary N) is 1. The molecule has 0 amide bonds. The molecule has 0 aliphatic rings. The summed E-state index contributed by atoms with van der Waals surface area (Å²) in [5.74, 6) is 0.137. The van der Waals surface area contributed by atoms with E-state index in [-0.39, 0.29) is 22.6 Å². The number of fused-ring (bicyclic) bond motifs is 1. The van der Waals surface area contributed by atoms with Gasteiger partial charge in [0.15, 0.2) is 0 Å². The molecule has 136 valence electrons. The van der Waals surface area contributed by atoms with Gasteiger partial charge in [-0.2, -0.15) is 0 Å². The topological polar surface area (TPSA) is 66.4 Å². The van der Waals surface area contributed by atoms with Gasteiger partial charge >= 0.3 is 0 Å². The molecule has 0 fully saturated rings. The molecule has 0 aromatic heterocycles. The second-order valence-corrected chi connectivity index (χ2v) is 9.20. The lowest BCUT2D eigenvalue weighted by atomic mass is 9.87. The van der Waals surface area contributed by atoms with Gasteiger partial charge in [0, 0.05) is 11.9 Å². The van der Waals surface area contributed by atoms with Gasteiger partial charge in [0.05, 0.1) is 4.90 Å². The maximum absolute atomic E-state index is 12.6. The molecule has 26 heavy (non-hydrogen) atoms. The van der Waals surface area contributed by atoms with Crippen molar-refractivity contribution in [1.29, 1.82) is 0 Å². The van der Waals surface area contributed by atoms with Crippen LogP contribution in [0.1, 0.15) is 31.9 Å². The van der Waals surface area contributed by atoms with E-state index in [4.69, 9.17) is 0 Å². The Balaban J connectivity index is 1.79. The lowest BCUT2D eigenvalue weighted by Crippen LogP contribution is -2.23. The van der Waals surface area contributed by atoms with Gasteiger partial charge in [0.2, 0.25) is 10.0 Å². The molecular weight excluding hydrogens is 346 g/mol. The van der Waals surface area contributed by atoms with Crippen LogP contribution in [-0.4, -0.2) is 13.5 Å². The van der Waals surface area contributed by atoms with Gasteiger partial charge in [-0.15, -0.1) is 0 Å². The Morgan fingerprint density at radius 3 is 2.31 bits per heavy atom. The Bertz CT molecular complexity index is 1030. The first-order valence-electron chi connectivity index (χ1n) is 8.48. The van der Waals surface area contributed by atoms with Crippen molar-refractivity contribution < 1.29 is 13.5 Å². The fourth-order valence-electron chi connectivity index (χ4n) is 2.80. The third-order valence-electron chi connectivity index (χ3n) is 4.43. The van der Waals surface area contributed by atoms with Gasteiger partial charge in [-0.25, -0.2) is 13.1 Å². The maximum atomic E-state index is 12.6. The van der Waals surface area contributed by atoms with Gasteiger partial charge in [-0.3, -0.25) is 0 Å². The molecule has 5 heteroatoms. The predicted molar refractivity (Wildman–Crippen MR) is 105 cm³/mol. The highest BCUT2D eigenvalue weighted by Crippen LogP contribution is 2.26. The number of aromatic hydroxyl groups is 1. The van der Waals surface area contributed by atoms with Gasteiger partial charge in [0.1, 0.15) is 5.75 Å². The van der Waals surface area contributed by atoms with E-state index in [2.05, 4.69) is 25.5 Å². The molecule has 0 atom stereocenters. The second-order valence-electron chi connectivity index (χ2n) is 7.43. The van der Waals surface area contributed by atoms with E-state index in [0.29, 0.717) is 10.8 Å². The second kappa shape index (κ2) is 6.74. The van der Waals surface area contributed by atoms with Crippen LogP contribution in [0.3, 0.4) is 0 Å². The van der Waals surface area contributed by atoms with Crippen molar-refractivity contribution in [3.8, 4) is 5.75 Å². The van der Waals surface area contributed by atoms with Crippen LogP contribution < -0.4 is 4.72 Å². The monoisotopic (exact) mass is 369 g/mol. The molecule has 0 saturated heterocycles. The van der Waals surface area contributed by atoms with Crippen molar-refractivity contribution in [3.05, 3.63) is 71.8 Å². The average molecular weight is 369 g/mol. The van der Waals surface area contributed by atoms with Crippen molar-refractivity contribution in [2.75, 3.05) is 0 Å². The summed E-state index contributed by atoms with van der Waals surface area (Å²) in [5.41, 5.74) is 2.17. The molecule has 3 aromatic rings. The third kappa shape index (κ3) is 3.89. The standard InChI is InChI=1S/C21H23NO3S/c1-21(2,3)17-9-7-15(8-10-17)14-22-26(24,25)18-11-12-19-16(13-18)5-4-6-20(19)23/h4-13,22-23H,14H2,1-3H3. The number of hydrogen-bond donors (Lipinski definition) is 2. The minimum atomic E-state index is -3.63. The van der Waals surface area contributed by atoms with E-state index in [1.54, 1.807) is 30.3 Å². The molecule has 0 heterocycles. The Hall–Kier alpha value is -2.37. The van der Waals surface area contributed by atoms with E-state index in [1.807, 2.05) is 24.3 Å². The molecule has 0 bridgehead atoms. The Labute approximate surface area is 154 Å². The van der Waals surface area contributed by atoms with Crippen molar-refractivity contribution in [2.45, 2.75) is 37.6 Å². The van der Waals surface area contributed by atoms with Crippen LogP contribution in [-0.2, 0) is 22.0 Å². The van der Waals surface area contributed by atoms with Crippen LogP contribution in [0.4, 0.5) is 0 Å². The lowest BCUT2D eigenvalue weighted by Gasteiger charge is -2.19. The van der Waals surface area contributed by atoms with Gasteiger partial charge in [-0.1, -0.05) is 57.2 Å². The molecule has 3 aromatic carbocycles. The quantitative estimate of drug-likeness (QED) is 0.720. The molecule has 0 unspecified atom stereocenters. The van der Waals surface area contributed by atoms with Crippen LogP contribution in [0.2, 0.25) is 0 Å². The molecule has 0 radical (unpaired) electrons. The summed E-state index contributed by atoms with van der Waals surface area (Å²) in [6.45, 7) is 6.65. The van der Waals surface area contributed by atoms with Gasteiger partial charge in [0.25, 0.3) is 0 Å². The highest BCUT2D eigenvalue weighted by molar-refractivity contribution is 7.89. The zero-order valence-corrected chi connectivity index (χ0v) is 16.0. The Morgan fingerprint density at radius 2 is 1.65 bits per heavy atom. The molecule has 0 aliphatic carbocycles. The third-order valence-corrected chi connectivity index (χ3v) is 5.82. The van der Waals surface area contributed by atoms with E-state index in [9.17, 15) is 13.5 Å². The number of hydrogen-bond acceptors (Lipinski definition) is 3. The number of phenolic OH excluding ortho intramolecular Hbond substituents is 1. The Morgan fingerprint density at radius 1 is 0.962 bits per heavy atom. The summed E-state index contributed by atoms with van der Waals surface area (Å²) in [6, 6.07) is 17.7. The van der Waals surface area contributed by atoms with E-state index < -0.39 is 10.0 Å². The van der Waals surface area contributed by atoms with Crippen molar-refractivity contribution >= 4 is 20.8 Å². The number of benzene rings is 3. The van der Waals surface area contributed by atoms with Crippen LogP contribution in [0.15, 0.2) is 65.6 Å². The minimum absolute atomic E-state index is 0.0642. The lowest BCUT2D eigenvalue weighted by molar-refractivity contribution is 0.481. The first-order chi connectivity index (χ1) is 12.2. The van der Waals surface area contributed by atoms with Gasteiger partial charge in [-0.05, 0) is 46.2 Å². The van der Waals surface area contributed by atoms with Crippen LogP contribution in [0.25, 0.3) is 10.8 Å². The maximum Gasteiger partial charge on any atom is 0.240 e. The summed E-state index contributed by atoms with van der Waals surface area (Å²) in [7, 11) is -3.63.